The molecule has 0 unspecified atom stereocenters. The fourth-order valence-corrected chi connectivity index (χ4v) is 4.30. The highest BCUT2D eigenvalue weighted by atomic mass is 16.2. The van der Waals surface area contributed by atoms with Crippen molar-refractivity contribution in [1.29, 1.82) is 0 Å². The molecule has 0 aromatic rings. The second kappa shape index (κ2) is 12.2. The zero-order valence-corrected chi connectivity index (χ0v) is 17.6. The van der Waals surface area contributed by atoms with Crippen LogP contribution in [0.25, 0.3) is 0 Å². The molecule has 0 aromatic carbocycles. The van der Waals surface area contributed by atoms with Crippen LogP contribution >= 0.6 is 0 Å². The van der Waals surface area contributed by atoms with Gasteiger partial charge in [-0.2, -0.15) is 0 Å². The van der Waals surface area contributed by atoms with E-state index in [1.165, 1.54) is 4.90 Å². The normalized spacial score (nSPS) is 21.9. The summed E-state index contributed by atoms with van der Waals surface area (Å²) in [5.74, 6) is 0.186. The summed E-state index contributed by atoms with van der Waals surface area (Å²) >= 11 is 0. The standard InChI is InChI=1S/C21H38N4O3/c1-3-4-12-25(21(28)24-18-8-10-23-11-9-18)20(27)17(15-22-2)13-16-6-5-7-19(26)14-16/h16-18,22-23H,3-15H2,1-2H3,(H,24,28)/t16-,17-/m1/s1. The average Bonchev–Trinajstić information content (AvgIpc) is 2.68. The second-order valence-electron chi connectivity index (χ2n) is 8.31. The third-order valence-electron chi connectivity index (χ3n) is 5.92. The molecular weight excluding hydrogens is 356 g/mol. The fourth-order valence-electron chi connectivity index (χ4n) is 4.30. The molecule has 1 aliphatic heterocycles. The third kappa shape index (κ3) is 7.17. The molecule has 1 aliphatic carbocycles. The van der Waals surface area contributed by atoms with E-state index in [9.17, 15) is 14.4 Å². The van der Waals surface area contributed by atoms with E-state index in [-0.39, 0.29) is 29.8 Å². The van der Waals surface area contributed by atoms with Crippen molar-refractivity contribution in [3.63, 3.8) is 0 Å². The summed E-state index contributed by atoms with van der Waals surface area (Å²) in [7, 11) is 1.83. The number of urea groups is 1. The number of hydrogen-bond donors (Lipinski definition) is 3. The van der Waals surface area contributed by atoms with Gasteiger partial charge >= 0.3 is 6.03 Å². The predicted molar refractivity (Wildman–Crippen MR) is 110 cm³/mol. The maximum Gasteiger partial charge on any atom is 0.324 e. The number of Topliss-reactive ketones (excluding diaryl/α,β-unsaturated/α-hetero) is 1. The summed E-state index contributed by atoms with van der Waals surface area (Å²) in [4.78, 5) is 39.5. The molecule has 7 nitrogen and oxygen atoms in total. The maximum absolute atomic E-state index is 13.3. The number of rotatable bonds is 9. The first-order valence-electron chi connectivity index (χ1n) is 11.0. The molecule has 0 radical (unpaired) electrons. The highest BCUT2D eigenvalue weighted by molar-refractivity contribution is 5.95. The maximum atomic E-state index is 13.3. The van der Waals surface area contributed by atoms with Gasteiger partial charge in [-0.3, -0.25) is 14.5 Å². The minimum atomic E-state index is -0.267. The van der Waals surface area contributed by atoms with Gasteiger partial charge in [0.05, 0.1) is 5.92 Å². The Morgan fingerprint density at radius 2 is 2.00 bits per heavy atom. The van der Waals surface area contributed by atoms with Gasteiger partial charge in [0, 0.05) is 32.0 Å². The van der Waals surface area contributed by atoms with Gasteiger partial charge in [-0.25, -0.2) is 4.79 Å². The Morgan fingerprint density at radius 3 is 2.64 bits per heavy atom. The first-order valence-corrected chi connectivity index (χ1v) is 11.0. The highest BCUT2D eigenvalue weighted by Crippen LogP contribution is 2.28. The number of amides is 3. The van der Waals surface area contributed by atoms with E-state index in [1.54, 1.807) is 0 Å². The number of ketones is 1. The molecule has 0 spiro atoms. The summed E-state index contributed by atoms with van der Waals surface area (Å²) in [6, 6.07) is -0.129. The molecule has 3 N–H and O–H groups in total. The number of hydrogen-bond acceptors (Lipinski definition) is 5. The van der Waals surface area contributed by atoms with E-state index in [0.717, 1.165) is 51.6 Å². The Balaban J connectivity index is 2.03. The van der Waals surface area contributed by atoms with Gasteiger partial charge < -0.3 is 16.0 Å². The number of piperidine rings is 1. The molecule has 2 aliphatic rings. The van der Waals surface area contributed by atoms with Crippen molar-refractivity contribution in [1.82, 2.24) is 20.9 Å². The Bertz CT molecular complexity index is 520. The van der Waals surface area contributed by atoms with Gasteiger partial charge in [-0.1, -0.05) is 13.3 Å². The molecule has 7 heteroatoms. The van der Waals surface area contributed by atoms with Crippen LogP contribution in [0.5, 0.6) is 0 Å². The van der Waals surface area contributed by atoms with E-state index in [0.29, 0.717) is 38.1 Å². The number of nitrogens with one attached hydrogen (secondary N) is 3. The van der Waals surface area contributed by atoms with Crippen molar-refractivity contribution in [2.24, 2.45) is 11.8 Å². The van der Waals surface area contributed by atoms with Gasteiger partial charge in [-0.15, -0.1) is 0 Å². The topological polar surface area (TPSA) is 90.5 Å². The van der Waals surface area contributed by atoms with Crippen LogP contribution in [0.2, 0.25) is 0 Å². The molecule has 160 valence electrons. The van der Waals surface area contributed by atoms with Gasteiger partial charge in [-0.05, 0) is 64.6 Å². The van der Waals surface area contributed by atoms with Gasteiger partial charge in [0.15, 0.2) is 0 Å². The molecule has 0 aromatic heterocycles. The second-order valence-corrected chi connectivity index (χ2v) is 8.31. The van der Waals surface area contributed by atoms with E-state index >= 15 is 0 Å². The van der Waals surface area contributed by atoms with Crippen molar-refractivity contribution in [2.75, 3.05) is 33.2 Å². The molecular formula is C21H38N4O3. The van der Waals surface area contributed by atoms with Gasteiger partial charge in [0.1, 0.15) is 5.78 Å². The first kappa shape index (κ1) is 22.8. The monoisotopic (exact) mass is 394 g/mol. The molecule has 1 saturated heterocycles. The van der Waals surface area contributed by atoms with Crippen LogP contribution in [-0.2, 0) is 9.59 Å². The lowest BCUT2D eigenvalue weighted by molar-refractivity contribution is -0.133. The average molecular weight is 395 g/mol. The predicted octanol–water partition coefficient (Wildman–Crippen LogP) is 2.06. The van der Waals surface area contributed by atoms with E-state index < -0.39 is 0 Å². The number of imide groups is 1. The van der Waals surface area contributed by atoms with Crippen molar-refractivity contribution >= 4 is 17.7 Å². The lowest BCUT2D eigenvalue weighted by atomic mass is 9.81. The van der Waals surface area contributed by atoms with Gasteiger partial charge in [0.2, 0.25) is 5.91 Å². The molecule has 2 rings (SSSR count). The SMILES string of the molecule is CCCCN(C(=O)NC1CCNCC1)C(=O)[C@@H](CNC)C[C@H]1CCCC(=O)C1. The minimum absolute atomic E-state index is 0.104. The van der Waals surface area contributed by atoms with Crippen LogP contribution in [0.3, 0.4) is 0 Å². The van der Waals surface area contributed by atoms with Crippen molar-refractivity contribution in [3.8, 4) is 0 Å². The van der Waals surface area contributed by atoms with Crippen molar-refractivity contribution < 1.29 is 14.4 Å². The minimum Gasteiger partial charge on any atom is -0.335 e. The highest BCUT2D eigenvalue weighted by Gasteiger charge is 2.32. The molecule has 1 saturated carbocycles. The number of nitrogens with zero attached hydrogens (tertiary/aromatic N) is 1. The van der Waals surface area contributed by atoms with Crippen molar-refractivity contribution in [2.45, 2.75) is 70.8 Å². The molecule has 3 amide bonds. The zero-order chi connectivity index (χ0) is 20.4. The summed E-state index contributed by atoms with van der Waals surface area (Å²) < 4.78 is 0. The Labute approximate surface area is 169 Å². The van der Waals surface area contributed by atoms with Crippen molar-refractivity contribution in [3.05, 3.63) is 0 Å². The van der Waals surface area contributed by atoms with Crippen LogP contribution in [0.4, 0.5) is 4.79 Å². The van der Waals surface area contributed by atoms with Crippen LogP contribution in [0.1, 0.15) is 64.7 Å². The fraction of sp³-hybridized carbons (Fsp3) is 0.857. The summed E-state index contributed by atoms with van der Waals surface area (Å²) in [5, 5.41) is 9.47. The van der Waals surface area contributed by atoms with Crippen LogP contribution in [-0.4, -0.2) is 61.9 Å². The molecule has 2 atom stereocenters. The summed E-state index contributed by atoms with van der Waals surface area (Å²) in [6.45, 7) is 4.84. The number of carbonyl (C=O) groups excluding carboxylic acids is 3. The molecule has 0 bridgehead atoms. The van der Waals surface area contributed by atoms with Gasteiger partial charge in [0.25, 0.3) is 0 Å². The Morgan fingerprint density at radius 1 is 1.25 bits per heavy atom. The lowest BCUT2D eigenvalue weighted by Gasteiger charge is -2.31. The third-order valence-corrected chi connectivity index (χ3v) is 5.92. The largest absolute Gasteiger partial charge is 0.335 e. The first-order chi connectivity index (χ1) is 13.5. The lowest BCUT2D eigenvalue weighted by Crippen LogP contribution is -2.52. The smallest absolute Gasteiger partial charge is 0.324 e. The number of unbranched alkanes of at least 4 members (excludes halogenated alkanes) is 1. The number of carbonyl (C=O) groups is 3. The quantitative estimate of drug-likeness (QED) is 0.557. The van der Waals surface area contributed by atoms with Crippen LogP contribution in [0, 0.1) is 11.8 Å². The van der Waals surface area contributed by atoms with Crippen LogP contribution in [0.15, 0.2) is 0 Å². The summed E-state index contributed by atoms with van der Waals surface area (Å²) in [6.07, 6.45) is 7.35. The van der Waals surface area contributed by atoms with Crippen LogP contribution < -0.4 is 16.0 Å². The molecule has 2 fully saturated rings. The summed E-state index contributed by atoms with van der Waals surface area (Å²) in [5.41, 5.74) is 0. The van der Waals surface area contributed by atoms with E-state index in [1.807, 2.05) is 7.05 Å². The molecule has 28 heavy (non-hydrogen) atoms. The van der Waals surface area contributed by atoms with E-state index in [2.05, 4.69) is 22.9 Å². The Kier molecular flexibility index (Phi) is 9.92. The van der Waals surface area contributed by atoms with E-state index in [4.69, 9.17) is 0 Å². The molecule has 1 heterocycles. The zero-order valence-electron chi connectivity index (χ0n) is 17.6. The Hall–Kier alpha value is -1.47.